The van der Waals surface area contributed by atoms with Crippen LogP contribution in [0.5, 0.6) is 17.2 Å². The summed E-state index contributed by atoms with van der Waals surface area (Å²) in [5.74, 6) is 1.80. The van der Waals surface area contributed by atoms with E-state index in [2.05, 4.69) is 15.0 Å². The lowest BCUT2D eigenvalue weighted by Crippen LogP contribution is -2.19. The minimum Gasteiger partial charge on any atom is -0.493 e. The molecule has 1 aliphatic heterocycles. The second kappa shape index (κ2) is 7.52. The number of ketones is 1. The van der Waals surface area contributed by atoms with E-state index < -0.39 is 6.04 Å². The Hall–Kier alpha value is -2.61. The van der Waals surface area contributed by atoms with Crippen LogP contribution in [0.1, 0.15) is 16.1 Å². The summed E-state index contributed by atoms with van der Waals surface area (Å²) in [7, 11) is 4.55. The zero-order valence-electron chi connectivity index (χ0n) is 14.1. The maximum absolute atomic E-state index is 12.9. The molecule has 0 radical (unpaired) electrons. The van der Waals surface area contributed by atoms with Crippen molar-refractivity contribution in [3.63, 3.8) is 0 Å². The molecule has 1 aliphatic rings. The van der Waals surface area contributed by atoms with E-state index in [9.17, 15) is 4.79 Å². The summed E-state index contributed by atoms with van der Waals surface area (Å²) < 4.78 is 15.9. The first-order chi connectivity index (χ1) is 12.2. The predicted octanol–water partition coefficient (Wildman–Crippen LogP) is 2.25. The van der Waals surface area contributed by atoms with Crippen LogP contribution >= 0.6 is 11.8 Å². The zero-order chi connectivity index (χ0) is 17.8. The quantitative estimate of drug-likeness (QED) is 0.732. The highest BCUT2D eigenvalue weighted by molar-refractivity contribution is 8.14. The van der Waals surface area contributed by atoms with E-state index in [-0.39, 0.29) is 5.78 Å². The number of carbonyl (C=O) groups excluding carboxylic acids is 1. The van der Waals surface area contributed by atoms with Crippen molar-refractivity contribution in [1.29, 1.82) is 0 Å². The fourth-order valence-corrected chi connectivity index (χ4v) is 3.49. The van der Waals surface area contributed by atoms with Gasteiger partial charge in [-0.1, -0.05) is 0 Å². The van der Waals surface area contributed by atoms with Gasteiger partial charge in [-0.25, -0.2) is 9.97 Å². The van der Waals surface area contributed by atoms with Crippen molar-refractivity contribution in [2.45, 2.75) is 6.04 Å². The van der Waals surface area contributed by atoms with Crippen LogP contribution in [0.2, 0.25) is 0 Å². The van der Waals surface area contributed by atoms with Crippen LogP contribution in [0, 0.1) is 0 Å². The van der Waals surface area contributed by atoms with Crippen LogP contribution in [0.4, 0.5) is 0 Å². The number of Topliss-reactive ketones (excluding diaryl/α,β-unsaturated/α-hetero) is 1. The number of thioether (sulfide) groups is 1. The normalized spacial score (nSPS) is 16.3. The average Bonchev–Trinajstić information content (AvgIpc) is 3.17. The standard InChI is InChI=1S/C17H17N3O4S/c1-22-13-6-10(7-14(23-2)16(13)24-3)15(21)12-8-25-17(20-12)11-4-5-18-9-19-11/h4-7,9,12H,8H2,1-3H3. The summed E-state index contributed by atoms with van der Waals surface area (Å²) in [6.45, 7) is 0. The van der Waals surface area contributed by atoms with Gasteiger partial charge in [0.05, 0.1) is 27.0 Å². The van der Waals surface area contributed by atoms with E-state index in [1.54, 1.807) is 24.4 Å². The Morgan fingerprint density at radius 3 is 2.44 bits per heavy atom. The molecule has 0 saturated heterocycles. The van der Waals surface area contributed by atoms with E-state index >= 15 is 0 Å². The Balaban J connectivity index is 1.90. The van der Waals surface area contributed by atoms with Crippen LogP contribution in [-0.4, -0.2) is 53.9 Å². The van der Waals surface area contributed by atoms with Gasteiger partial charge in [-0.2, -0.15) is 0 Å². The van der Waals surface area contributed by atoms with Crippen molar-refractivity contribution in [1.82, 2.24) is 9.97 Å². The van der Waals surface area contributed by atoms with Gasteiger partial charge in [-0.15, -0.1) is 11.8 Å². The number of aromatic nitrogens is 2. The highest BCUT2D eigenvalue weighted by Gasteiger charge is 2.28. The highest BCUT2D eigenvalue weighted by Crippen LogP contribution is 2.39. The van der Waals surface area contributed by atoms with Crippen molar-refractivity contribution in [3.05, 3.63) is 42.0 Å². The van der Waals surface area contributed by atoms with E-state index in [0.29, 0.717) is 28.6 Å². The van der Waals surface area contributed by atoms with E-state index in [4.69, 9.17) is 14.2 Å². The predicted molar refractivity (Wildman–Crippen MR) is 95.2 cm³/mol. The Morgan fingerprint density at radius 2 is 1.88 bits per heavy atom. The molecule has 0 fully saturated rings. The second-order valence-corrected chi connectivity index (χ2v) is 6.14. The Kier molecular flexibility index (Phi) is 5.18. The fourth-order valence-electron chi connectivity index (χ4n) is 2.48. The van der Waals surface area contributed by atoms with Crippen molar-refractivity contribution < 1.29 is 19.0 Å². The summed E-state index contributed by atoms with van der Waals surface area (Å²) in [6.07, 6.45) is 3.12. The number of ether oxygens (including phenoxy) is 3. The molecule has 25 heavy (non-hydrogen) atoms. The van der Waals surface area contributed by atoms with Gasteiger partial charge in [0.15, 0.2) is 17.3 Å². The first kappa shape index (κ1) is 17.2. The first-order valence-corrected chi connectivity index (χ1v) is 8.47. The molecule has 2 heterocycles. The van der Waals surface area contributed by atoms with Gasteiger partial charge in [-0.3, -0.25) is 9.79 Å². The Labute approximate surface area is 149 Å². The molecule has 2 aromatic rings. The monoisotopic (exact) mass is 359 g/mol. The van der Waals surface area contributed by atoms with E-state index in [1.807, 2.05) is 0 Å². The van der Waals surface area contributed by atoms with Gasteiger partial charge in [0.25, 0.3) is 0 Å². The Bertz CT molecular complexity index is 786. The number of aliphatic imine (C=N–C) groups is 1. The third-order valence-corrected chi connectivity index (χ3v) is 4.77. The zero-order valence-corrected chi connectivity index (χ0v) is 14.9. The van der Waals surface area contributed by atoms with Crippen molar-refractivity contribution >= 4 is 22.6 Å². The SMILES string of the molecule is COc1cc(C(=O)C2CSC(c3ccncn3)=N2)cc(OC)c1OC. The number of hydrogen-bond donors (Lipinski definition) is 0. The summed E-state index contributed by atoms with van der Waals surface area (Å²) in [5, 5.41) is 0.744. The van der Waals surface area contributed by atoms with Crippen LogP contribution in [0.25, 0.3) is 0 Å². The number of benzene rings is 1. The van der Waals surface area contributed by atoms with Crippen LogP contribution < -0.4 is 14.2 Å². The molecule has 0 aliphatic carbocycles. The second-order valence-electron chi connectivity index (χ2n) is 5.13. The van der Waals surface area contributed by atoms with Crippen LogP contribution in [0.3, 0.4) is 0 Å². The Morgan fingerprint density at radius 1 is 1.16 bits per heavy atom. The molecule has 130 valence electrons. The summed E-state index contributed by atoms with van der Waals surface area (Å²) >= 11 is 1.51. The third-order valence-electron chi connectivity index (χ3n) is 3.70. The lowest BCUT2D eigenvalue weighted by atomic mass is 10.0. The molecular formula is C17H17N3O4S. The largest absolute Gasteiger partial charge is 0.493 e. The number of nitrogens with zero attached hydrogens (tertiary/aromatic N) is 3. The van der Waals surface area contributed by atoms with E-state index in [1.165, 1.54) is 39.4 Å². The van der Waals surface area contributed by atoms with Crippen molar-refractivity contribution in [2.75, 3.05) is 27.1 Å². The maximum Gasteiger partial charge on any atom is 0.203 e. The maximum atomic E-state index is 12.9. The third kappa shape index (κ3) is 3.43. The molecule has 1 aromatic carbocycles. The first-order valence-electron chi connectivity index (χ1n) is 7.49. The molecule has 0 saturated carbocycles. The molecule has 0 spiro atoms. The molecule has 1 aromatic heterocycles. The summed E-state index contributed by atoms with van der Waals surface area (Å²) in [5.41, 5.74) is 1.19. The van der Waals surface area contributed by atoms with Gasteiger partial charge in [-0.05, 0) is 18.2 Å². The molecule has 8 heteroatoms. The molecule has 7 nitrogen and oxygen atoms in total. The average molecular weight is 359 g/mol. The molecule has 0 amide bonds. The number of hydrogen-bond acceptors (Lipinski definition) is 8. The molecule has 1 atom stereocenters. The summed E-state index contributed by atoms with van der Waals surface area (Å²) in [6, 6.07) is 4.59. The van der Waals surface area contributed by atoms with Crippen molar-refractivity contribution in [3.8, 4) is 17.2 Å². The molecule has 0 bridgehead atoms. The molecule has 3 rings (SSSR count). The smallest absolute Gasteiger partial charge is 0.203 e. The van der Waals surface area contributed by atoms with Gasteiger partial charge in [0.2, 0.25) is 5.75 Å². The van der Waals surface area contributed by atoms with Crippen LogP contribution in [-0.2, 0) is 0 Å². The van der Waals surface area contributed by atoms with Crippen molar-refractivity contribution in [2.24, 2.45) is 4.99 Å². The fraction of sp³-hybridized carbons (Fsp3) is 0.294. The lowest BCUT2D eigenvalue weighted by Gasteiger charge is -2.14. The van der Waals surface area contributed by atoms with Gasteiger partial charge in [0.1, 0.15) is 17.4 Å². The number of carbonyl (C=O) groups is 1. The minimum atomic E-state index is -0.474. The number of rotatable bonds is 6. The van der Waals surface area contributed by atoms with Gasteiger partial charge < -0.3 is 14.2 Å². The van der Waals surface area contributed by atoms with Gasteiger partial charge >= 0.3 is 0 Å². The molecular weight excluding hydrogens is 342 g/mol. The van der Waals surface area contributed by atoms with E-state index in [0.717, 1.165) is 10.7 Å². The topological polar surface area (TPSA) is 82.9 Å². The molecule has 1 unspecified atom stereocenters. The number of methoxy groups -OCH3 is 3. The highest BCUT2D eigenvalue weighted by atomic mass is 32.2. The lowest BCUT2D eigenvalue weighted by molar-refractivity contribution is 0.0971. The van der Waals surface area contributed by atoms with Crippen LogP contribution in [0.15, 0.2) is 35.7 Å². The minimum absolute atomic E-state index is 0.101. The van der Waals surface area contributed by atoms with Gasteiger partial charge in [0, 0.05) is 17.5 Å². The molecule has 0 N–H and O–H groups in total. The summed E-state index contributed by atoms with van der Waals surface area (Å²) in [4.78, 5) is 25.4.